The maximum Gasteiger partial charge on any atom is 0.295 e. The van der Waals surface area contributed by atoms with E-state index in [1.807, 2.05) is 47.4 Å². The largest absolute Gasteiger partial charge is 0.338 e. The Bertz CT molecular complexity index is 1350. The maximum absolute atomic E-state index is 12.9. The van der Waals surface area contributed by atoms with E-state index in [-0.39, 0.29) is 17.0 Å². The second-order valence-electron chi connectivity index (χ2n) is 7.91. The van der Waals surface area contributed by atoms with E-state index in [0.717, 1.165) is 18.7 Å². The monoisotopic (exact) mass is 447 g/mol. The van der Waals surface area contributed by atoms with Crippen molar-refractivity contribution in [1.82, 2.24) is 24.5 Å². The molecule has 5 rings (SSSR count). The predicted molar refractivity (Wildman–Crippen MR) is 123 cm³/mol. The van der Waals surface area contributed by atoms with Crippen LogP contribution in [0.1, 0.15) is 24.0 Å². The summed E-state index contributed by atoms with van der Waals surface area (Å²) in [5.41, 5.74) is 3.26. The highest BCUT2D eigenvalue weighted by atomic mass is 35.5. The van der Waals surface area contributed by atoms with Gasteiger partial charge in [-0.3, -0.25) is 9.59 Å². The van der Waals surface area contributed by atoms with E-state index in [9.17, 15) is 9.59 Å². The Morgan fingerprint density at radius 2 is 1.78 bits per heavy atom. The lowest BCUT2D eigenvalue weighted by Crippen LogP contribution is -2.36. The quantitative estimate of drug-likeness (QED) is 0.468. The zero-order valence-electron chi connectivity index (χ0n) is 17.4. The number of benzene rings is 2. The number of aromatic nitrogens is 4. The number of para-hydroxylation sites is 1. The van der Waals surface area contributed by atoms with Crippen molar-refractivity contribution < 1.29 is 4.79 Å². The molecular weight excluding hydrogens is 426 g/mol. The van der Waals surface area contributed by atoms with E-state index in [2.05, 4.69) is 22.3 Å². The Morgan fingerprint density at radius 3 is 2.59 bits per heavy atom. The average Bonchev–Trinajstić information content (AvgIpc) is 3.18. The molecule has 0 spiro atoms. The lowest BCUT2D eigenvalue weighted by atomic mass is 9.99. The van der Waals surface area contributed by atoms with E-state index < -0.39 is 0 Å². The topological polar surface area (TPSA) is 73.0 Å². The molecule has 8 heteroatoms. The van der Waals surface area contributed by atoms with Crippen molar-refractivity contribution >= 4 is 28.4 Å². The Kier molecular flexibility index (Phi) is 5.49. The lowest BCUT2D eigenvalue weighted by Gasteiger charge is -2.29. The zero-order valence-corrected chi connectivity index (χ0v) is 18.2. The number of rotatable bonds is 5. The summed E-state index contributed by atoms with van der Waals surface area (Å²) >= 11 is 6.45. The van der Waals surface area contributed by atoms with Gasteiger partial charge in [-0.25, -0.2) is 9.36 Å². The number of halogens is 1. The number of hydrogen-bond donors (Lipinski definition) is 0. The molecule has 0 fully saturated rings. The fourth-order valence-corrected chi connectivity index (χ4v) is 4.40. The number of carbonyl (C=O) groups excluding carboxylic acids is 1. The zero-order chi connectivity index (χ0) is 22.1. The second kappa shape index (κ2) is 8.59. The average molecular weight is 448 g/mol. The van der Waals surface area contributed by atoms with Crippen LogP contribution in [-0.2, 0) is 24.3 Å². The predicted octanol–water partition coefficient (Wildman–Crippen LogP) is 3.60. The molecule has 2 aromatic carbocycles. The molecular formula is C24H22ClN5O2. The molecule has 1 amide bonds. The third-order valence-corrected chi connectivity index (χ3v) is 6.23. The van der Waals surface area contributed by atoms with Crippen LogP contribution in [0.3, 0.4) is 0 Å². The summed E-state index contributed by atoms with van der Waals surface area (Å²) in [5, 5.41) is 9.54. The van der Waals surface area contributed by atoms with Crippen LogP contribution in [0.5, 0.6) is 0 Å². The van der Waals surface area contributed by atoms with Crippen LogP contribution in [0, 0.1) is 0 Å². The van der Waals surface area contributed by atoms with Gasteiger partial charge < -0.3 is 4.90 Å². The van der Waals surface area contributed by atoms with Crippen LogP contribution in [0.25, 0.3) is 16.6 Å². The summed E-state index contributed by atoms with van der Waals surface area (Å²) in [4.78, 5) is 27.5. The van der Waals surface area contributed by atoms with Crippen molar-refractivity contribution in [2.45, 2.75) is 32.4 Å². The van der Waals surface area contributed by atoms with Crippen LogP contribution in [0.4, 0.5) is 0 Å². The molecule has 4 aromatic rings. The Labute approximate surface area is 189 Å². The van der Waals surface area contributed by atoms with Crippen molar-refractivity contribution in [3.8, 4) is 5.69 Å². The number of carbonyl (C=O) groups is 1. The van der Waals surface area contributed by atoms with Gasteiger partial charge in [0.1, 0.15) is 5.15 Å². The summed E-state index contributed by atoms with van der Waals surface area (Å²) in [6.07, 6.45) is 3.34. The number of hydrogen-bond acceptors (Lipinski definition) is 4. The molecule has 0 aliphatic carbocycles. The molecule has 0 saturated heterocycles. The minimum atomic E-state index is -0.307. The summed E-state index contributed by atoms with van der Waals surface area (Å²) in [5.74, 6) is 0.102. The van der Waals surface area contributed by atoms with Crippen molar-refractivity contribution in [2.75, 3.05) is 6.54 Å². The van der Waals surface area contributed by atoms with Gasteiger partial charge in [0.05, 0.1) is 17.3 Å². The van der Waals surface area contributed by atoms with Crippen molar-refractivity contribution in [2.24, 2.45) is 0 Å². The number of nitrogens with zero attached hydrogens (tertiary/aromatic N) is 5. The van der Waals surface area contributed by atoms with Gasteiger partial charge in [-0.15, -0.1) is 0 Å². The Morgan fingerprint density at radius 1 is 1.03 bits per heavy atom. The van der Waals surface area contributed by atoms with Crippen molar-refractivity contribution in [3.63, 3.8) is 0 Å². The van der Waals surface area contributed by atoms with Gasteiger partial charge in [-0.1, -0.05) is 54.1 Å². The van der Waals surface area contributed by atoms with Crippen LogP contribution < -0.4 is 5.56 Å². The molecule has 0 atom stereocenters. The highest BCUT2D eigenvalue weighted by Crippen LogP contribution is 2.24. The molecule has 7 nitrogen and oxygen atoms in total. The maximum atomic E-state index is 12.9. The standard InChI is InChI=1S/C24H22ClN5O2/c25-23-20-15-26-29(24(32)22(20)27-30(23)19-9-2-1-3-10-19)13-6-11-21(31)28-14-12-17-7-4-5-8-18(17)16-28/h1-5,7-10,15H,6,11-14,16H2. The Balaban J connectivity index is 1.27. The van der Waals surface area contributed by atoms with Gasteiger partial charge in [0.15, 0.2) is 5.52 Å². The first-order valence-electron chi connectivity index (χ1n) is 10.7. The molecule has 32 heavy (non-hydrogen) atoms. The summed E-state index contributed by atoms with van der Waals surface area (Å²) in [7, 11) is 0. The smallest absolute Gasteiger partial charge is 0.295 e. The SMILES string of the molecule is O=C(CCCn1ncc2c(Cl)n(-c3ccccc3)nc2c1=O)N1CCc2ccccc2C1. The van der Waals surface area contributed by atoms with E-state index in [1.54, 1.807) is 6.20 Å². The van der Waals surface area contributed by atoms with Crippen LogP contribution in [0.15, 0.2) is 65.6 Å². The minimum absolute atomic E-state index is 0.102. The van der Waals surface area contributed by atoms with Gasteiger partial charge in [0.2, 0.25) is 5.91 Å². The first kappa shape index (κ1) is 20.5. The summed E-state index contributed by atoms with van der Waals surface area (Å²) in [6, 6.07) is 17.6. The van der Waals surface area contributed by atoms with Crippen LogP contribution in [-0.4, -0.2) is 36.9 Å². The summed E-state index contributed by atoms with van der Waals surface area (Å²) in [6.45, 7) is 1.73. The van der Waals surface area contributed by atoms with Crippen LogP contribution in [0.2, 0.25) is 5.15 Å². The van der Waals surface area contributed by atoms with E-state index >= 15 is 0 Å². The van der Waals surface area contributed by atoms with Gasteiger partial charge >= 0.3 is 0 Å². The highest BCUT2D eigenvalue weighted by Gasteiger charge is 2.20. The fourth-order valence-electron chi connectivity index (χ4n) is 4.13. The van der Waals surface area contributed by atoms with Gasteiger partial charge in [0.25, 0.3) is 5.56 Å². The van der Waals surface area contributed by atoms with Crippen molar-refractivity contribution in [1.29, 1.82) is 0 Å². The molecule has 0 saturated carbocycles. The third kappa shape index (κ3) is 3.80. The molecule has 3 heterocycles. The molecule has 0 radical (unpaired) electrons. The normalized spacial score (nSPS) is 13.3. The van der Waals surface area contributed by atoms with Crippen LogP contribution >= 0.6 is 11.6 Å². The minimum Gasteiger partial charge on any atom is -0.338 e. The molecule has 162 valence electrons. The molecule has 1 aliphatic heterocycles. The molecule has 0 unspecified atom stereocenters. The van der Waals surface area contributed by atoms with E-state index in [4.69, 9.17) is 11.6 Å². The lowest BCUT2D eigenvalue weighted by molar-refractivity contribution is -0.132. The number of aryl methyl sites for hydroxylation is 1. The van der Waals surface area contributed by atoms with Gasteiger partial charge in [-0.2, -0.15) is 10.2 Å². The summed E-state index contributed by atoms with van der Waals surface area (Å²) < 4.78 is 2.90. The van der Waals surface area contributed by atoms with Crippen molar-refractivity contribution in [3.05, 3.63) is 87.4 Å². The first-order valence-corrected chi connectivity index (χ1v) is 11.0. The number of fused-ring (bicyclic) bond motifs is 2. The number of amides is 1. The molecule has 0 bridgehead atoms. The van der Waals surface area contributed by atoms with Gasteiger partial charge in [0, 0.05) is 26.1 Å². The second-order valence-corrected chi connectivity index (χ2v) is 8.27. The van der Waals surface area contributed by atoms with E-state index in [1.165, 1.54) is 20.5 Å². The fraction of sp³-hybridized carbons (Fsp3) is 0.250. The molecule has 2 aromatic heterocycles. The Hall–Kier alpha value is -3.45. The molecule has 0 N–H and O–H groups in total. The highest BCUT2D eigenvalue weighted by molar-refractivity contribution is 6.34. The first-order chi connectivity index (χ1) is 15.6. The third-order valence-electron chi connectivity index (χ3n) is 5.87. The molecule has 1 aliphatic rings. The van der Waals surface area contributed by atoms with E-state index in [0.29, 0.717) is 36.5 Å². The van der Waals surface area contributed by atoms with Gasteiger partial charge in [-0.05, 0) is 36.1 Å².